The first-order chi connectivity index (χ1) is 8.42. The summed E-state index contributed by atoms with van der Waals surface area (Å²) >= 11 is 0. The lowest BCUT2D eigenvalue weighted by molar-refractivity contribution is -0.384. The SMILES string of the molecule is C=CCNc1ccc(S(=O)(=O)NC)cc1[N+](=O)[O-]. The number of benzene rings is 1. The van der Waals surface area contributed by atoms with Crippen molar-refractivity contribution in [2.24, 2.45) is 0 Å². The Hall–Kier alpha value is -1.93. The lowest BCUT2D eigenvalue weighted by atomic mass is 10.2. The lowest BCUT2D eigenvalue weighted by Gasteiger charge is -2.07. The minimum absolute atomic E-state index is 0.152. The van der Waals surface area contributed by atoms with Crippen LogP contribution in [0, 0.1) is 10.1 Å². The van der Waals surface area contributed by atoms with E-state index in [1.165, 1.54) is 19.2 Å². The summed E-state index contributed by atoms with van der Waals surface area (Å²) in [6, 6.07) is 3.66. The van der Waals surface area contributed by atoms with Crippen LogP contribution in [0.5, 0.6) is 0 Å². The highest BCUT2D eigenvalue weighted by Crippen LogP contribution is 2.27. The van der Waals surface area contributed by atoms with Crippen LogP contribution >= 0.6 is 0 Å². The molecule has 0 aromatic heterocycles. The molecule has 1 aromatic rings. The van der Waals surface area contributed by atoms with Gasteiger partial charge in [-0.1, -0.05) is 6.08 Å². The van der Waals surface area contributed by atoms with Gasteiger partial charge < -0.3 is 5.32 Å². The van der Waals surface area contributed by atoms with Crippen molar-refractivity contribution in [1.29, 1.82) is 0 Å². The third-order valence-electron chi connectivity index (χ3n) is 2.18. The Labute approximate surface area is 105 Å². The summed E-state index contributed by atoms with van der Waals surface area (Å²) in [6.07, 6.45) is 1.54. The average Bonchev–Trinajstić information content (AvgIpc) is 2.35. The fourth-order valence-corrected chi connectivity index (χ4v) is 2.03. The average molecular weight is 271 g/mol. The minimum atomic E-state index is -3.69. The lowest BCUT2D eigenvalue weighted by Crippen LogP contribution is -2.18. The van der Waals surface area contributed by atoms with Gasteiger partial charge in [-0.3, -0.25) is 10.1 Å². The standard InChI is InChI=1S/C10H13N3O4S/c1-3-6-12-9-5-4-8(18(16,17)11-2)7-10(9)13(14)15/h3-5,7,11-12H,1,6H2,2H3. The molecule has 0 heterocycles. The van der Waals surface area contributed by atoms with Gasteiger partial charge in [-0.15, -0.1) is 6.58 Å². The normalized spacial score (nSPS) is 10.9. The Morgan fingerprint density at radius 2 is 2.17 bits per heavy atom. The molecule has 7 nitrogen and oxygen atoms in total. The minimum Gasteiger partial charge on any atom is -0.376 e. The first kappa shape index (κ1) is 14.1. The van der Waals surface area contributed by atoms with Crippen molar-refractivity contribution in [2.75, 3.05) is 18.9 Å². The van der Waals surface area contributed by atoms with Crippen molar-refractivity contribution in [2.45, 2.75) is 4.90 Å². The van der Waals surface area contributed by atoms with Crippen LogP contribution in [0.15, 0.2) is 35.7 Å². The van der Waals surface area contributed by atoms with Gasteiger partial charge in [-0.05, 0) is 19.2 Å². The van der Waals surface area contributed by atoms with Crippen LogP contribution in [0.3, 0.4) is 0 Å². The number of hydrogen-bond donors (Lipinski definition) is 2. The van der Waals surface area contributed by atoms with Gasteiger partial charge in [0.2, 0.25) is 10.0 Å². The third kappa shape index (κ3) is 3.05. The largest absolute Gasteiger partial charge is 0.376 e. The van der Waals surface area contributed by atoms with Crippen LogP contribution in [-0.2, 0) is 10.0 Å². The molecular formula is C10H13N3O4S. The summed E-state index contributed by atoms with van der Waals surface area (Å²) in [5, 5.41) is 13.6. The van der Waals surface area contributed by atoms with E-state index in [1.54, 1.807) is 6.08 Å². The Balaban J connectivity index is 3.27. The maximum absolute atomic E-state index is 11.5. The van der Waals surface area contributed by atoms with Crippen LogP contribution in [-0.4, -0.2) is 26.9 Å². The van der Waals surface area contributed by atoms with E-state index in [1.807, 2.05) is 0 Å². The molecular weight excluding hydrogens is 258 g/mol. The van der Waals surface area contributed by atoms with Crippen LogP contribution < -0.4 is 10.0 Å². The Morgan fingerprint density at radius 1 is 1.50 bits per heavy atom. The molecule has 0 saturated carbocycles. The molecule has 1 rings (SSSR count). The molecule has 0 unspecified atom stereocenters. The summed E-state index contributed by atoms with van der Waals surface area (Å²) < 4.78 is 25.2. The van der Waals surface area contributed by atoms with E-state index in [9.17, 15) is 18.5 Å². The monoisotopic (exact) mass is 271 g/mol. The van der Waals surface area contributed by atoms with Crippen LogP contribution in [0.1, 0.15) is 0 Å². The van der Waals surface area contributed by atoms with Crippen molar-refractivity contribution in [3.63, 3.8) is 0 Å². The van der Waals surface area contributed by atoms with Gasteiger partial charge in [0.15, 0.2) is 0 Å². The predicted molar refractivity (Wildman–Crippen MR) is 68.0 cm³/mol. The second-order valence-corrected chi connectivity index (χ2v) is 5.20. The zero-order valence-corrected chi connectivity index (χ0v) is 10.5. The topological polar surface area (TPSA) is 101 Å². The van der Waals surface area contributed by atoms with Crippen LogP contribution in [0.4, 0.5) is 11.4 Å². The van der Waals surface area contributed by atoms with Gasteiger partial charge in [-0.25, -0.2) is 13.1 Å². The first-order valence-electron chi connectivity index (χ1n) is 4.99. The Morgan fingerprint density at radius 3 is 2.67 bits per heavy atom. The van der Waals surface area contributed by atoms with Gasteiger partial charge in [-0.2, -0.15) is 0 Å². The summed E-state index contributed by atoms with van der Waals surface area (Å²) in [5.74, 6) is 0. The summed E-state index contributed by atoms with van der Waals surface area (Å²) in [6.45, 7) is 3.83. The first-order valence-corrected chi connectivity index (χ1v) is 6.47. The van der Waals surface area contributed by atoms with Crippen molar-refractivity contribution < 1.29 is 13.3 Å². The maximum atomic E-state index is 11.5. The number of nitrogens with zero attached hydrogens (tertiary/aromatic N) is 1. The smallest absolute Gasteiger partial charge is 0.293 e. The zero-order valence-electron chi connectivity index (χ0n) is 9.71. The third-order valence-corrected chi connectivity index (χ3v) is 3.59. The highest BCUT2D eigenvalue weighted by Gasteiger charge is 2.19. The van der Waals surface area contributed by atoms with E-state index >= 15 is 0 Å². The molecule has 1 aromatic carbocycles. The van der Waals surface area contributed by atoms with Gasteiger partial charge >= 0.3 is 0 Å². The van der Waals surface area contributed by atoms with Crippen molar-refractivity contribution in [3.05, 3.63) is 41.0 Å². The Kier molecular flexibility index (Phi) is 4.40. The molecule has 0 aliphatic heterocycles. The molecule has 0 saturated heterocycles. The molecule has 0 aliphatic carbocycles. The quantitative estimate of drug-likeness (QED) is 0.458. The van der Waals surface area contributed by atoms with Crippen molar-refractivity contribution >= 4 is 21.4 Å². The molecule has 2 N–H and O–H groups in total. The fourth-order valence-electron chi connectivity index (χ4n) is 1.28. The van der Waals surface area contributed by atoms with Crippen molar-refractivity contribution in [3.8, 4) is 0 Å². The van der Waals surface area contributed by atoms with Crippen LogP contribution in [0.2, 0.25) is 0 Å². The molecule has 0 spiro atoms. The molecule has 8 heteroatoms. The van der Waals surface area contributed by atoms with Gasteiger partial charge in [0.1, 0.15) is 5.69 Å². The molecule has 0 amide bonds. The summed E-state index contributed by atoms with van der Waals surface area (Å²) in [4.78, 5) is 10.1. The van der Waals surface area contributed by atoms with E-state index in [2.05, 4.69) is 16.6 Å². The van der Waals surface area contributed by atoms with Gasteiger partial charge in [0.05, 0.1) is 9.82 Å². The molecule has 98 valence electrons. The fraction of sp³-hybridized carbons (Fsp3) is 0.200. The number of nitro benzene ring substituents is 1. The van der Waals surface area contributed by atoms with E-state index in [0.29, 0.717) is 6.54 Å². The van der Waals surface area contributed by atoms with Gasteiger partial charge in [0, 0.05) is 12.6 Å². The summed E-state index contributed by atoms with van der Waals surface area (Å²) in [5.41, 5.74) is -0.0527. The number of rotatable bonds is 6. The highest BCUT2D eigenvalue weighted by molar-refractivity contribution is 7.89. The number of nitro groups is 1. The number of sulfonamides is 1. The molecule has 0 bridgehead atoms. The molecule has 18 heavy (non-hydrogen) atoms. The highest BCUT2D eigenvalue weighted by atomic mass is 32.2. The molecule has 0 atom stereocenters. The number of nitrogens with one attached hydrogen (secondary N) is 2. The second kappa shape index (κ2) is 5.61. The van der Waals surface area contributed by atoms with Gasteiger partial charge in [0.25, 0.3) is 5.69 Å². The maximum Gasteiger partial charge on any atom is 0.293 e. The second-order valence-electron chi connectivity index (χ2n) is 3.31. The zero-order chi connectivity index (χ0) is 13.8. The molecule has 0 aliphatic rings. The van der Waals surface area contributed by atoms with Crippen molar-refractivity contribution in [1.82, 2.24) is 4.72 Å². The van der Waals surface area contributed by atoms with E-state index in [-0.39, 0.29) is 16.3 Å². The number of hydrogen-bond acceptors (Lipinski definition) is 5. The number of anilines is 1. The molecule has 0 fully saturated rings. The van der Waals surface area contributed by atoms with E-state index < -0.39 is 14.9 Å². The predicted octanol–water partition coefficient (Wildman–Crippen LogP) is 1.10. The molecule has 0 radical (unpaired) electrons. The Bertz CT molecular complexity index is 568. The van der Waals surface area contributed by atoms with E-state index in [0.717, 1.165) is 6.07 Å². The van der Waals surface area contributed by atoms with Crippen LogP contribution in [0.25, 0.3) is 0 Å². The summed E-state index contributed by atoms with van der Waals surface area (Å²) in [7, 11) is -2.45. The van der Waals surface area contributed by atoms with E-state index in [4.69, 9.17) is 0 Å².